The van der Waals surface area contributed by atoms with Gasteiger partial charge in [0.25, 0.3) is 0 Å². The Morgan fingerprint density at radius 2 is 1.83 bits per heavy atom. The molecule has 3 N–H and O–H groups in total. The largest absolute Gasteiger partial charge is 0.465 e. The van der Waals surface area contributed by atoms with Crippen molar-refractivity contribution in [2.45, 2.75) is 62.7 Å². The van der Waals surface area contributed by atoms with Crippen LogP contribution < -0.4 is 10.6 Å². The molecule has 2 aliphatic rings. The first-order chi connectivity index (χ1) is 17.4. The fourth-order valence-corrected chi connectivity index (χ4v) is 6.16. The Hall–Kier alpha value is -2.64. The van der Waals surface area contributed by atoms with Crippen molar-refractivity contribution in [2.75, 3.05) is 31.5 Å². The van der Waals surface area contributed by atoms with Gasteiger partial charge in [0.1, 0.15) is 5.82 Å². The van der Waals surface area contributed by atoms with E-state index in [1.54, 1.807) is 12.1 Å². The van der Waals surface area contributed by atoms with Crippen LogP contribution in [0.1, 0.15) is 68.4 Å². The Bertz CT molecular complexity index is 1070. The zero-order valence-corrected chi connectivity index (χ0v) is 21.3. The average Bonchev–Trinajstić information content (AvgIpc) is 2.87. The van der Waals surface area contributed by atoms with E-state index in [4.69, 9.17) is 16.7 Å². The molecule has 1 saturated carbocycles. The molecule has 1 heterocycles. The molecule has 2 fully saturated rings. The molecule has 194 valence electrons. The van der Waals surface area contributed by atoms with Crippen LogP contribution in [0.25, 0.3) is 0 Å². The topological polar surface area (TPSA) is 81.7 Å². The molecule has 0 aromatic heterocycles. The Labute approximate surface area is 217 Å². The number of halogens is 2. The highest BCUT2D eigenvalue weighted by molar-refractivity contribution is 6.31. The molecule has 1 aliphatic carbocycles. The van der Waals surface area contributed by atoms with Gasteiger partial charge in [-0.15, -0.1) is 0 Å². The second kappa shape index (κ2) is 12.1. The standard InChI is InChI=1S/C28H35ClFN3O3/c29-25-19-22(30)8-9-24(25)28(12-2-1-3-13-28)26(34)31-14-5-15-33-16-10-20(11-17-33)21-6-4-7-23(18-21)32-27(35)36/h4,6-9,18-20,32H,1-3,5,10-17H2,(H,31,34)(H,35,36). The first-order valence-electron chi connectivity index (χ1n) is 12.9. The van der Waals surface area contributed by atoms with Gasteiger partial charge in [-0.1, -0.05) is 49.1 Å². The number of benzene rings is 2. The predicted molar refractivity (Wildman–Crippen MR) is 140 cm³/mol. The highest BCUT2D eigenvalue weighted by atomic mass is 35.5. The highest BCUT2D eigenvalue weighted by Gasteiger charge is 2.42. The second-order valence-electron chi connectivity index (χ2n) is 10.0. The molecular formula is C28H35ClFN3O3. The summed E-state index contributed by atoms with van der Waals surface area (Å²) in [7, 11) is 0. The number of carbonyl (C=O) groups is 2. The lowest BCUT2D eigenvalue weighted by atomic mass is 9.68. The Morgan fingerprint density at radius 3 is 2.53 bits per heavy atom. The van der Waals surface area contributed by atoms with Gasteiger partial charge in [0.15, 0.2) is 0 Å². The van der Waals surface area contributed by atoms with Crippen molar-refractivity contribution in [1.82, 2.24) is 10.2 Å². The Kier molecular flexibility index (Phi) is 8.86. The lowest BCUT2D eigenvalue weighted by molar-refractivity contribution is -0.128. The molecule has 0 radical (unpaired) electrons. The van der Waals surface area contributed by atoms with E-state index in [1.165, 1.54) is 17.7 Å². The number of likely N-dealkylation sites (tertiary alicyclic amines) is 1. The van der Waals surface area contributed by atoms with Crippen LogP contribution in [-0.4, -0.2) is 48.2 Å². The van der Waals surface area contributed by atoms with Gasteiger partial charge in [-0.3, -0.25) is 10.1 Å². The molecule has 36 heavy (non-hydrogen) atoms. The zero-order chi connectivity index (χ0) is 25.5. The first-order valence-corrected chi connectivity index (χ1v) is 13.3. The highest BCUT2D eigenvalue weighted by Crippen LogP contribution is 2.42. The molecule has 0 atom stereocenters. The van der Waals surface area contributed by atoms with Crippen LogP contribution in [0.15, 0.2) is 42.5 Å². The van der Waals surface area contributed by atoms with E-state index in [0.717, 1.165) is 76.6 Å². The monoisotopic (exact) mass is 515 g/mol. The maximum atomic E-state index is 13.6. The lowest BCUT2D eigenvalue weighted by Crippen LogP contribution is -2.46. The minimum absolute atomic E-state index is 0.00395. The van der Waals surface area contributed by atoms with Crippen LogP contribution >= 0.6 is 11.6 Å². The van der Waals surface area contributed by atoms with Crippen molar-refractivity contribution in [2.24, 2.45) is 0 Å². The number of amides is 2. The smallest absolute Gasteiger partial charge is 0.409 e. The van der Waals surface area contributed by atoms with Crippen molar-refractivity contribution < 1.29 is 19.1 Å². The SMILES string of the molecule is O=C(O)Nc1cccc(C2CCN(CCCNC(=O)C3(c4ccc(F)cc4Cl)CCCCC3)CC2)c1. The minimum Gasteiger partial charge on any atom is -0.465 e. The van der Waals surface area contributed by atoms with Gasteiger partial charge in [-0.2, -0.15) is 0 Å². The third-order valence-electron chi connectivity index (χ3n) is 7.72. The summed E-state index contributed by atoms with van der Waals surface area (Å²) in [6, 6.07) is 12.0. The fourth-order valence-electron chi connectivity index (χ4n) is 5.81. The predicted octanol–water partition coefficient (Wildman–Crippen LogP) is 6.16. The van der Waals surface area contributed by atoms with E-state index in [1.807, 2.05) is 12.1 Å². The molecule has 6 nitrogen and oxygen atoms in total. The fraction of sp³-hybridized carbons (Fsp3) is 0.500. The van der Waals surface area contributed by atoms with Gasteiger partial charge in [0.05, 0.1) is 5.41 Å². The summed E-state index contributed by atoms with van der Waals surface area (Å²) in [5.41, 5.74) is 1.85. The van der Waals surface area contributed by atoms with Crippen molar-refractivity contribution in [3.05, 3.63) is 64.4 Å². The van der Waals surface area contributed by atoms with Crippen LogP contribution in [0, 0.1) is 5.82 Å². The normalized spacial score (nSPS) is 18.5. The van der Waals surface area contributed by atoms with E-state index < -0.39 is 11.5 Å². The average molecular weight is 516 g/mol. The number of nitrogens with zero attached hydrogens (tertiary/aromatic N) is 1. The molecule has 0 unspecified atom stereocenters. The lowest BCUT2D eigenvalue weighted by Gasteiger charge is -2.37. The van der Waals surface area contributed by atoms with Crippen molar-refractivity contribution in [3.63, 3.8) is 0 Å². The van der Waals surface area contributed by atoms with Gasteiger partial charge >= 0.3 is 6.09 Å². The maximum Gasteiger partial charge on any atom is 0.409 e. The van der Waals surface area contributed by atoms with E-state index in [9.17, 15) is 14.0 Å². The number of carbonyl (C=O) groups excluding carboxylic acids is 1. The van der Waals surface area contributed by atoms with Crippen LogP contribution in [0.5, 0.6) is 0 Å². The third-order valence-corrected chi connectivity index (χ3v) is 8.03. The molecule has 1 aliphatic heterocycles. The van der Waals surface area contributed by atoms with Crippen LogP contribution in [-0.2, 0) is 10.2 Å². The second-order valence-corrected chi connectivity index (χ2v) is 10.5. The summed E-state index contributed by atoms with van der Waals surface area (Å²) in [5, 5.41) is 14.9. The summed E-state index contributed by atoms with van der Waals surface area (Å²) in [4.78, 5) is 26.7. The first kappa shape index (κ1) is 26.4. The molecular weight excluding hydrogens is 481 g/mol. The van der Waals surface area contributed by atoms with E-state index in [0.29, 0.717) is 23.2 Å². The Balaban J connectivity index is 1.25. The van der Waals surface area contributed by atoms with Crippen LogP contribution in [0.4, 0.5) is 14.9 Å². The molecule has 1 saturated heterocycles. The number of piperidine rings is 1. The minimum atomic E-state index is -1.05. The number of hydrogen-bond donors (Lipinski definition) is 3. The number of rotatable bonds is 8. The van der Waals surface area contributed by atoms with Gasteiger partial charge < -0.3 is 15.3 Å². The van der Waals surface area contributed by atoms with Crippen molar-refractivity contribution in [3.8, 4) is 0 Å². The summed E-state index contributed by atoms with van der Waals surface area (Å²) in [5.74, 6) is 0.0379. The van der Waals surface area contributed by atoms with E-state index in [2.05, 4.69) is 21.6 Å². The summed E-state index contributed by atoms with van der Waals surface area (Å²) in [6.07, 6.45) is 6.36. The van der Waals surface area contributed by atoms with Gasteiger partial charge in [0.2, 0.25) is 5.91 Å². The molecule has 8 heteroatoms. The van der Waals surface area contributed by atoms with Gasteiger partial charge in [0, 0.05) is 17.3 Å². The number of carboxylic acid groups (broad SMARTS) is 1. The molecule has 0 spiro atoms. The number of anilines is 1. The zero-order valence-electron chi connectivity index (χ0n) is 20.6. The van der Waals surface area contributed by atoms with Crippen molar-refractivity contribution >= 4 is 29.3 Å². The van der Waals surface area contributed by atoms with E-state index in [-0.39, 0.29) is 11.7 Å². The molecule has 2 aromatic carbocycles. The third kappa shape index (κ3) is 6.37. The Morgan fingerprint density at radius 1 is 1.08 bits per heavy atom. The summed E-state index contributed by atoms with van der Waals surface area (Å²) < 4.78 is 13.6. The van der Waals surface area contributed by atoms with E-state index >= 15 is 0 Å². The number of hydrogen-bond acceptors (Lipinski definition) is 3. The molecule has 4 rings (SSSR count). The maximum absolute atomic E-state index is 13.6. The van der Waals surface area contributed by atoms with Crippen LogP contribution in [0.3, 0.4) is 0 Å². The van der Waals surface area contributed by atoms with Crippen molar-refractivity contribution in [1.29, 1.82) is 0 Å². The summed E-state index contributed by atoms with van der Waals surface area (Å²) in [6.45, 7) is 3.47. The quantitative estimate of drug-likeness (QED) is 0.368. The molecule has 2 amide bonds. The number of nitrogens with one attached hydrogen (secondary N) is 2. The van der Waals surface area contributed by atoms with Gasteiger partial charge in [-0.05, 0) is 93.0 Å². The summed E-state index contributed by atoms with van der Waals surface area (Å²) >= 11 is 6.39. The van der Waals surface area contributed by atoms with Gasteiger partial charge in [-0.25, -0.2) is 9.18 Å². The molecule has 0 bridgehead atoms. The molecule has 2 aromatic rings. The van der Waals surface area contributed by atoms with Crippen LogP contribution in [0.2, 0.25) is 5.02 Å².